The molecule has 46 heavy (non-hydrogen) atoms. The van der Waals surface area contributed by atoms with E-state index >= 15 is 0 Å². The van der Waals surface area contributed by atoms with Crippen molar-refractivity contribution in [1.82, 2.24) is 0 Å². The maximum Gasteiger partial charge on any atom is 0.330 e. The summed E-state index contributed by atoms with van der Waals surface area (Å²) >= 11 is 0. The molecule has 4 aromatic rings. The van der Waals surface area contributed by atoms with Crippen LogP contribution in [0, 0.1) is 13.8 Å². The minimum atomic E-state index is -0.454. The summed E-state index contributed by atoms with van der Waals surface area (Å²) in [5.41, 5.74) is 8.48. The number of nitrogens with zero attached hydrogens (tertiary/aromatic N) is 1. The molecule has 0 amide bonds. The van der Waals surface area contributed by atoms with E-state index < -0.39 is 5.97 Å². The Kier molecular flexibility index (Phi) is 13.0. The first kappa shape index (κ1) is 34.5. The molecule has 0 saturated heterocycles. The van der Waals surface area contributed by atoms with Gasteiger partial charge >= 0.3 is 5.97 Å². The van der Waals surface area contributed by atoms with Crippen LogP contribution in [-0.4, -0.2) is 44.1 Å². The SMILES string of the molecule is C=CC(=O)OC(C)COC(C)COC(C)COc1ccc(CCc2ccc(N(c3ccc(C)cc3)c3ccc(C)cc3)cc2)cc1. The van der Waals surface area contributed by atoms with Crippen molar-refractivity contribution < 1.29 is 23.7 Å². The zero-order valence-electron chi connectivity index (χ0n) is 27.8. The number of esters is 1. The summed E-state index contributed by atoms with van der Waals surface area (Å²) in [6.45, 7) is 14.5. The minimum Gasteiger partial charge on any atom is -0.491 e. The largest absolute Gasteiger partial charge is 0.491 e. The van der Waals surface area contributed by atoms with Crippen molar-refractivity contribution in [3.05, 3.63) is 132 Å². The molecule has 0 bridgehead atoms. The zero-order valence-corrected chi connectivity index (χ0v) is 27.8. The molecule has 0 N–H and O–H groups in total. The van der Waals surface area contributed by atoms with Gasteiger partial charge in [-0.2, -0.15) is 0 Å². The van der Waals surface area contributed by atoms with Crippen LogP contribution in [0.25, 0.3) is 0 Å². The van der Waals surface area contributed by atoms with Crippen LogP contribution in [0.3, 0.4) is 0 Å². The summed E-state index contributed by atoms with van der Waals surface area (Å²) in [5, 5.41) is 0. The van der Waals surface area contributed by atoms with Crippen molar-refractivity contribution in [2.24, 2.45) is 0 Å². The topological polar surface area (TPSA) is 57.2 Å². The number of hydrogen-bond donors (Lipinski definition) is 0. The highest BCUT2D eigenvalue weighted by Crippen LogP contribution is 2.35. The summed E-state index contributed by atoms with van der Waals surface area (Å²) < 4.78 is 22.7. The number of hydrogen-bond acceptors (Lipinski definition) is 6. The van der Waals surface area contributed by atoms with Gasteiger partial charge in [-0.1, -0.05) is 66.2 Å². The van der Waals surface area contributed by atoms with Gasteiger partial charge in [0.05, 0.1) is 25.4 Å². The molecule has 0 heterocycles. The number of benzene rings is 4. The molecule has 0 fully saturated rings. The van der Waals surface area contributed by atoms with E-state index in [1.807, 2.05) is 26.0 Å². The van der Waals surface area contributed by atoms with Gasteiger partial charge in [0.25, 0.3) is 0 Å². The summed E-state index contributed by atoms with van der Waals surface area (Å²) in [7, 11) is 0. The van der Waals surface area contributed by atoms with E-state index in [0.717, 1.165) is 41.7 Å². The lowest BCUT2D eigenvalue weighted by molar-refractivity contribution is -0.147. The van der Waals surface area contributed by atoms with Crippen molar-refractivity contribution in [3.8, 4) is 5.75 Å². The van der Waals surface area contributed by atoms with Crippen LogP contribution in [0.5, 0.6) is 5.75 Å². The van der Waals surface area contributed by atoms with E-state index in [-0.39, 0.29) is 18.3 Å². The van der Waals surface area contributed by atoms with Crippen LogP contribution >= 0.6 is 0 Å². The molecule has 0 aromatic heterocycles. The van der Waals surface area contributed by atoms with Crippen molar-refractivity contribution >= 4 is 23.0 Å². The van der Waals surface area contributed by atoms with Gasteiger partial charge in [0.15, 0.2) is 0 Å². The molecule has 0 aliphatic rings. The van der Waals surface area contributed by atoms with Gasteiger partial charge < -0.3 is 23.8 Å². The van der Waals surface area contributed by atoms with E-state index in [4.69, 9.17) is 18.9 Å². The van der Waals surface area contributed by atoms with Gasteiger partial charge in [0.2, 0.25) is 0 Å². The quantitative estimate of drug-likeness (QED) is 0.0867. The standard InChI is InChI=1S/C40H47NO5/c1-7-40(42)46-33(6)28-44-31(4)26-43-32(5)27-45-39-24-16-35(17-25-39)13-12-34-14-22-38(23-15-34)41(36-18-8-29(2)9-19-36)37-20-10-30(3)11-21-37/h7-11,14-25,31-33H,1,12-13,26-28H2,2-6H3. The lowest BCUT2D eigenvalue weighted by Gasteiger charge is -2.26. The smallest absolute Gasteiger partial charge is 0.330 e. The summed E-state index contributed by atoms with van der Waals surface area (Å²) in [6.07, 6.45) is 2.46. The molecule has 4 rings (SSSR count). The summed E-state index contributed by atoms with van der Waals surface area (Å²) in [4.78, 5) is 13.6. The average molecular weight is 622 g/mol. The Balaban J connectivity index is 1.23. The van der Waals surface area contributed by atoms with Crippen LogP contribution in [0.4, 0.5) is 17.1 Å². The Hall–Kier alpha value is -4.39. The van der Waals surface area contributed by atoms with Crippen molar-refractivity contribution in [1.29, 1.82) is 0 Å². The molecule has 0 spiro atoms. The van der Waals surface area contributed by atoms with Crippen molar-refractivity contribution in [2.45, 2.75) is 65.8 Å². The Morgan fingerprint density at radius 1 is 0.630 bits per heavy atom. The van der Waals surface area contributed by atoms with Crippen molar-refractivity contribution in [2.75, 3.05) is 24.7 Å². The third-order valence-electron chi connectivity index (χ3n) is 7.60. The van der Waals surface area contributed by atoms with Crippen LogP contribution in [0.15, 0.2) is 110 Å². The maximum absolute atomic E-state index is 11.3. The van der Waals surface area contributed by atoms with Crippen molar-refractivity contribution in [3.63, 3.8) is 0 Å². The van der Waals surface area contributed by atoms with Gasteiger partial charge in [0, 0.05) is 23.1 Å². The van der Waals surface area contributed by atoms with Crippen LogP contribution in [0.1, 0.15) is 43.0 Å². The Morgan fingerprint density at radius 3 is 1.52 bits per heavy atom. The van der Waals surface area contributed by atoms with Gasteiger partial charge in [-0.05, 0) is 107 Å². The maximum atomic E-state index is 11.3. The Morgan fingerprint density at radius 2 is 1.04 bits per heavy atom. The zero-order chi connectivity index (χ0) is 32.9. The predicted molar refractivity (Wildman–Crippen MR) is 187 cm³/mol. The lowest BCUT2D eigenvalue weighted by atomic mass is 10.0. The number of aryl methyl sites for hydroxylation is 4. The molecule has 242 valence electrons. The molecule has 4 aromatic carbocycles. The van der Waals surface area contributed by atoms with E-state index in [0.29, 0.717) is 19.8 Å². The van der Waals surface area contributed by atoms with E-state index in [1.165, 1.54) is 22.3 Å². The number of rotatable bonds is 17. The highest BCUT2D eigenvalue weighted by molar-refractivity contribution is 5.81. The van der Waals surface area contributed by atoms with Crippen LogP contribution in [0.2, 0.25) is 0 Å². The number of carbonyl (C=O) groups is 1. The molecule has 0 saturated carbocycles. The second-order valence-corrected chi connectivity index (χ2v) is 11.9. The number of anilines is 3. The normalized spacial score (nSPS) is 13.0. The van der Waals surface area contributed by atoms with Gasteiger partial charge in [-0.15, -0.1) is 0 Å². The van der Waals surface area contributed by atoms with Crippen LogP contribution < -0.4 is 9.64 Å². The molecular formula is C40H47NO5. The minimum absolute atomic E-state index is 0.0994. The highest BCUT2D eigenvalue weighted by atomic mass is 16.6. The molecule has 6 nitrogen and oxygen atoms in total. The Labute approximate surface area is 274 Å². The molecule has 0 aliphatic carbocycles. The molecule has 3 atom stereocenters. The molecule has 3 unspecified atom stereocenters. The molecule has 6 heteroatoms. The average Bonchev–Trinajstić information content (AvgIpc) is 3.07. The fraction of sp³-hybridized carbons (Fsp3) is 0.325. The predicted octanol–water partition coefficient (Wildman–Crippen LogP) is 8.87. The first-order valence-electron chi connectivity index (χ1n) is 16.0. The second kappa shape index (κ2) is 17.3. The lowest BCUT2D eigenvalue weighted by Crippen LogP contribution is -2.27. The van der Waals surface area contributed by atoms with Gasteiger partial charge in [-0.25, -0.2) is 4.79 Å². The third kappa shape index (κ3) is 10.9. The molecule has 0 aliphatic heterocycles. The number of carbonyl (C=O) groups excluding carboxylic acids is 1. The van der Waals surface area contributed by atoms with E-state index in [2.05, 4.69) is 110 Å². The fourth-order valence-electron chi connectivity index (χ4n) is 4.88. The van der Waals surface area contributed by atoms with E-state index in [1.54, 1.807) is 6.92 Å². The molecule has 0 radical (unpaired) electrons. The summed E-state index contributed by atoms with van der Waals surface area (Å²) in [5.74, 6) is 0.363. The second-order valence-electron chi connectivity index (χ2n) is 11.9. The fourth-order valence-corrected chi connectivity index (χ4v) is 4.88. The molecular weight excluding hydrogens is 574 g/mol. The first-order chi connectivity index (χ1) is 22.2. The third-order valence-corrected chi connectivity index (χ3v) is 7.60. The Bertz CT molecular complexity index is 1450. The summed E-state index contributed by atoms with van der Waals surface area (Å²) in [6, 6.07) is 34.5. The number of ether oxygens (including phenoxy) is 4. The van der Waals surface area contributed by atoms with Crippen LogP contribution in [-0.2, 0) is 31.8 Å². The van der Waals surface area contributed by atoms with Gasteiger partial charge in [-0.3, -0.25) is 0 Å². The van der Waals surface area contributed by atoms with E-state index in [9.17, 15) is 4.79 Å². The first-order valence-corrected chi connectivity index (χ1v) is 16.0. The highest BCUT2D eigenvalue weighted by Gasteiger charge is 2.14. The monoisotopic (exact) mass is 621 g/mol. The van der Waals surface area contributed by atoms with Gasteiger partial charge in [0.1, 0.15) is 18.5 Å².